The molecule has 0 saturated carbocycles. The number of nitrogens with one attached hydrogen (secondary N) is 1. The molecule has 1 amide bonds. The van der Waals surface area contributed by atoms with Gasteiger partial charge >= 0.3 is 0 Å². The monoisotopic (exact) mass is 300 g/mol. The van der Waals surface area contributed by atoms with E-state index >= 15 is 0 Å². The van der Waals surface area contributed by atoms with Crippen molar-refractivity contribution in [1.29, 1.82) is 0 Å². The molecule has 0 aromatic heterocycles. The van der Waals surface area contributed by atoms with E-state index in [0.717, 1.165) is 0 Å². The van der Waals surface area contributed by atoms with Crippen LogP contribution in [0.1, 0.15) is 18.5 Å². The number of hydrogen-bond donors (Lipinski definition) is 2. The maximum Gasteiger partial charge on any atom is 0.234 e. The van der Waals surface area contributed by atoms with Crippen molar-refractivity contribution in [3.05, 3.63) is 33.6 Å². The van der Waals surface area contributed by atoms with Crippen molar-refractivity contribution in [2.24, 2.45) is 5.73 Å². The van der Waals surface area contributed by atoms with Crippen LogP contribution in [0, 0.1) is 5.82 Å². The first-order valence-electron chi connectivity index (χ1n) is 4.60. The van der Waals surface area contributed by atoms with Crippen molar-refractivity contribution in [3.63, 3.8) is 0 Å². The minimum Gasteiger partial charge on any atom is -0.348 e. The lowest BCUT2D eigenvalue weighted by atomic mass is 10.1. The van der Waals surface area contributed by atoms with Gasteiger partial charge < -0.3 is 11.1 Å². The van der Waals surface area contributed by atoms with E-state index in [1.807, 2.05) is 0 Å². The normalized spacial score (nSPS) is 11.6. The molecule has 96 valence electrons. The first-order chi connectivity index (χ1) is 7.47. The molecule has 17 heavy (non-hydrogen) atoms. The van der Waals surface area contributed by atoms with Gasteiger partial charge in [0.05, 0.1) is 17.6 Å². The molecule has 1 rings (SSSR count). The maximum atomic E-state index is 13.2. The number of rotatable bonds is 3. The lowest BCUT2D eigenvalue weighted by Gasteiger charge is -2.17. The Morgan fingerprint density at radius 2 is 2.12 bits per heavy atom. The third-order valence-electron chi connectivity index (χ3n) is 2.08. The molecule has 1 aromatic rings. The summed E-state index contributed by atoms with van der Waals surface area (Å²) < 4.78 is 13.2. The second-order valence-corrected chi connectivity index (χ2v) is 4.04. The first-order valence-corrected chi connectivity index (χ1v) is 5.35. The van der Waals surface area contributed by atoms with Gasteiger partial charge in [-0.05, 0) is 19.1 Å². The van der Waals surface area contributed by atoms with Crippen molar-refractivity contribution in [1.82, 2.24) is 5.32 Å². The minimum absolute atomic E-state index is 0. The van der Waals surface area contributed by atoms with E-state index in [0.29, 0.717) is 10.6 Å². The topological polar surface area (TPSA) is 55.1 Å². The molecule has 3 nitrogen and oxygen atoms in total. The van der Waals surface area contributed by atoms with E-state index < -0.39 is 11.9 Å². The van der Waals surface area contributed by atoms with Gasteiger partial charge in [-0.15, -0.1) is 12.4 Å². The molecule has 0 spiro atoms. The number of benzene rings is 1. The molecule has 0 saturated heterocycles. The van der Waals surface area contributed by atoms with E-state index in [1.54, 1.807) is 6.92 Å². The van der Waals surface area contributed by atoms with Crippen molar-refractivity contribution in [2.75, 3.05) is 6.54 Å². The average Bonchev–Trinajstić information content (AvgIpc) is 2.24. The highest BCUT2D eigenvalue weighted by molar-refractivity contribution is 6.36. The zero-order valence-electron chi connectivity index (χ0n) is 8.97. The number of carbonyl (C=O) groups excluding carboxylic acids is 1. The summed E-state index contributed by atoms with van der Waals surface area (Å²) in [6.07, 6.45) is 0. The van der Waals surface area contributed by atoms with Crippen LogP contribution in [0.4, 0.5) is 4.39 Å². The van der Waals surface area contributed by atoms with Crippen molar-refractivity contribution in [3.8, 4) is 0 Å². The van der Waals surface area contributed by atoms with Gasteiger partial charge in [0.15, 0.2) is 0 Å². The number of halogens is 4. The summed E-state index contributed by atoms with van der Waals surface area (Å²) in [5, 5.41) is 2.77. The quantitative estimate of drug-likeness (QED) is 0.843. The SMILES string of the molecule is CC(NC(=O)CN)c1c(Cl)ccc(F)c1Cl.Cl. The molecule has 0 radical (unpaired) electrons. The highest BCUT2D eigenvalue weighted by Crippen LogP contribution is 2.32. The van der Waals surface area contributed by atoms with E-state index in [2.05, 4.69) is 5.32 Å². The van der Waals surface area contributed by atoms with Gasteiger partial charge in [-0.25, -0.2) is 4.39 Å². The number of hydrogen-bond acceptors (Lipinski definition) is 2. The van der Waals surface area contributed by atoms with Crippen molar-refractivity contribution < 1.29 is 9.18 Å². The highest BCUT2D eigenvalue weighted by atomic mass is 35.5. The zero-order valence-corrected chi connectivity index (χ0v) is 11.3. The molecule has 0 fully saturated rings. The average molecular weight is 302 g/mol. The van der Waals surface area contributed by atoms with Crippen LogP contribution in [0.2, 0.25) is 10.0 Å². The lowest BCUT2D eigenvalue weighted by Crippen LogP contribution is -2.32. The van der Waals surface area contributed by atoms with Crippen LogP contribution in [0.5, 0.6) is 0 Å². The van der Waals surface area contributed by atoms with Crippen LogP contribution in [0.3, 0.4) is 0 Å². The Kier molecular flexibility index (Phi) is 6.78. The second kappa shape index (κ2) is 7.01. The van der Waals surface area contributed by atoms with Crippen molar-refractivity contribution >= 4 is 41.5 Å². The Labute approximate surface area is 115 Å². The summed E-state index contributed by atoms with van der Waals surface area (Å²) in [4.78, 5) is 11.1. The van der Waals surface area contributed by atoms with Crippen LogP contribution in [0.25, 0.3) is 0 Å². The molecule has 0 aliphatic carbocycles. The molecule has 7 heteroatoms. The largest absolute Gasteiger partial charge is 0.348 e. The van der Waals surface area contributed by atoms with Gasteiger partial charge in [-0.1, -0.05) is 23.2 Å². The molecule has 1 unspecified atom stereocenters. The standard InChI is InChI=1S/C10H11Cl2FN2O.ClH/c1-5(15-8(16)4-14)9-6(11)2-3-7(13)10(9)12;/h2-3,5H,4,14H2,1H3,(H,15,16);1H. The second-order valence-electron chi connectivity index (χ2n) is 3.25. The Morgan fingerprint density at radius 3 is 2.65 bits per heavy atom. The predicted octanol–water partition coefficient (Wildman–Crippen LogP) is 2.69. The highest BCUT2D eigenvalue weighted by Gasteiger charge is 2.18. The summed E-state index contributed by atoms with van der Waals surface area (Å²) in [5.41, 5.74) is 5.50. The summed E-state index contributed by atoms with van der Waals surface area (Å²) in [7, 11) is 0. The Morgan fingerprint density at radius 1 is 1.53 bits per heavy atom. The molecule has 1 aromatic carbocycles. The van der Waals surface area contributed by atoms with Crippen LogP contribution < -0.4 is 11.1 Å². The van der Waals surface area contributed by atoms with Gasteiger partial charge in [0.1, 0.15) is 5.82 Å². The number of nitrogens with two attached hydrogens (primary N) is 1. The molecule has 0 heterocycles. The molecule has 3 N–H and O–H groups in total. The first kappa shape index (κ1) is 16.4. The van der Waals surface area contributed by atoms with Gasteiger partial charge in [0.2, 0.25) is 5.91 Å². The summed E-state index contributed by atoms with van der Waals surface area (Å²) in [6, 6.07) is 2.07. The van der Waals surface area contributed by atoms with E-state index in [9.17, 15) is 9.18 Å². The molecule has 0 aliphatic rings. The smallest absolute Gasteiger partial charge is 0.234 e. The van der Waals surface area contributed by atoms with Crippen LogP contribution >= 0.6 is 35.6 Å². The van der Waals surface area contributed by atoms with Crippen LogP contribution in [0.15, 0.2) is 12.1 Å². The van der Waals surface area contributed by atoms with E-state index in [1.165, 1.54) is 12.1 Å². The maximum absolute atomic E-state index is 13.2. The molecule has 1 atom stereocenters. The molecule has 0 aliphatic heterocycles. The molecular formula is C10H12Cl3FN2O. The van der Waals surface area contributed by atoms with Gasteiger partial charge in [0, 0.05) is 10.6 Å². The van der Waals surface area contributed by atoms with Crippen molar-refractivity contribution in [2.45, 2.75) is 13.0 Å². The zero-order chi connectivity index (χ0) is 12.3. The Bertz CT molecular complexity index is 415. The molecule has 0 bridgehead atoms. The minimum atomic E-state index is -0.574. The fraction of sp³-hybridized carbons (Fsp3) is 0.300. The number of carbonyl (C=O) groups is 1. The van der Waals surface area contributed by atoms with E-state index in [-0.39, 0.29) is 29.9 Å². The fourth-order valence-electron chi connectivity index (χ4n) is 1.31. The Balaban J connectivity index is 0.00000256. The predicted molar refractivity (Wildman–Crippen MR) is 69.3 cm³/mol. The lowest BCUT2D eigenvalue weighted by molar-refractivity contribution is -0.120. The van der Waals surface area contributed by atoms with Gasteiger partial charge in [-0.2, -0.15) is 0 Å². The van der Waals surface area contributed by atoms with Crippen LogP contribution in [-0.4, -0.2) is 12.5 Å². The number of amides is 1. The van der Waals surface area contributed by atoms with Crippen LogP contribution in [-0.2, 0) is 4.79 Å². The third-order valence-corrected chi connectivity index (χ3v) is 2.79. The van der Waals surface area contributed by atoms with E-state index in [4.69, 9.17) is 28.9 Å². The summed E-state index contributed by atoms with van der Waals surface area (Å²) >= 11 is 11.7. The Hall–Kier alpha value is -0.550. The third kappa shape index (κ3) is 4.00. The van der Waals surface area contributed by atoms with Gasteiger partial charge in [-0.3, -0.25) is 4.79 Å². The van der Waals surface area contributed by atoms with Gasteiger partial charge in [0.25, 0.3) is 0 Å². The fourth-order valence-corrected chi connectivity index (χ4v) is 2.01. The summed E-state index contributed by atoms with van der Waals surface area (Å²) in [5.74, 6) is -0.932. The summed E-state index contributed by atoms with van der Waals surface area (Å²) in [6.45, 7) is 1.51. The molecular weight excluding hydrogens is 289 g/mol.